The van der Waals surface area contributed by atoms with Crippen molar-refractivity contribution in [3.8, 4) is 0 Å². The zero-order valence-electron chi connectivity index (χ0n) is 12.9. The van der Waals surface area contributed by atoms with Crippen molar-refractivity contribution < 1.29 is 4.79 Å². The van der Waals surface area contributed by atoms with Gasteiger partial charge in [0, 0.05) is 5.41 Å². The summed E-state index contributed by atoms with van der Waals surface area (Å²) in [7, 11) is 0. The fourth-order valence-corrected chi connectivity index (χ4v) is 6.42. The third-order valence-electron chi connectivity index (χ3n) is 7.37. The second-order valence-electron chi connectivity index (χ2n) is 7.90. The van der Waals surface area contributed by atoms with Crippen LogP contribution in [0.25, 0.3) is 0 Å². The fraction of sp³-hybridized carbons (Fsp3) is 0.944. The Labute approximate surface area is 118 Å². The lowest BCUT2D eigenvalue weighted by Gasteiger charge is -2.55. The third-order valence-corrected chi connectivity index (χ3v) is 7.37. The minimum Gasteiger partial charge on any atom is -0.299 e. The van der Waals surface area contributed by atoms with Gasteiger partial charge in [0.05, 0.1) is 0 Å². The molecule has 0 aliphatic heterocycles. The molecule has 0 heterocycles. The molecule has 0 unspecified atom stereocenters. The zero-order chi connectivity index (χ0) is 13.6. The first-order valence-corrected chi connectivity index (χ1v) is 8.58. The van der Waals surface area contributed by atoms with E-state index in [1.54, 1.807) is 0 Å². The number of hydrogen-bond donors (Lipinski definition) is 0. The van der Waals surface area contributed by atoms with E-state index in [9.17, 15) is 4.79 Å². The molecule has 0 spiro atoms. The normalized spacial score (nSPS) is 31.7. The van der Waals surface area contributed by atoms with Gasteiger partial charge in [0.2, 0.25) is 0 Å². The maximum absolute atomic E-state index is 12.7. The van der Waals surface area contributed by atoms with E-state index in [0.717, 1.165) is 0 Å². The van der Waals surface area contributed by atoms with Crippen molar-refractivity contribution in [2.24, 2.45) is 16.2 Å². The fourth-order valence-electron chi connectivity index (χ4n) is 6.42. The minimum absolute atomic E-state index is 0.0581. The van der Waals surface area contributed by atoms with E-state index in [-0.39, 0.29) is 5.41 Å². The van der Waals surface area contributed by atoms with Crippen LogP contribution in [0.5, 0.6) is 0 Å². The Balaban J connectivity index is 2.06. The molecule has 0 atom stereocenters. The molecule has 3 aliphatic carbocycles. The van der Waals surface area contributed by atoms with Crippen LogP contribution in [-0.4, -0.2) is 5.78 Å². The molecule has 0 aromatic heterocycles. The minimum atomic E-state index is 0.0581. The van der Waals surface area contributed by atoms with Crippen molar-refractivity contribution >= 4 is 5.78 Å². The van der Waals surface area contributed by atoms with Crippen LogP contribution in [0.1, 0.15) is 90.9 Å². The van der Waals surface area contributed by atoms with Crippen LogP contribution in [0.3, 0.4) is 0 Å². The summed E-state index contributed by atoms with van der Waals surface area (Å²) in [4.78, 5) is 12.7. The van der Waals surface area contributed by atoms with Crippen molar-refractivity contribution in [3.05, 3.63) is 0 Å². The van der Waals surface area contributed by atoms with Crippen molar-refractivity contribution in [2.45, 2.75) is 90.9 Å². The molecule has 3 rings (SSSR count). The molecule has 0 aromatic rings. The average molecular weight is 262 g/mol. The number of ketones is 1. The Kier molecular flexibility index (Phi) is 3.30. The van der Waals surface area contributed by atoms with E-state index < -0.39 is 0 Å². The van der Waals surface area contributed by atoms with Gasteiger partial charge in [0.25, 0.3) is 0 Å². The van der Waals surface area contributed by atoms with Gasteiger partial charge in [-0.2, -0.15) is 0 Å². The lowest BCUT2D eigenvalue weighted by atomic mass is 9.47. The molecule has 0 bridgehead atoms. The second kappa shape index (κ2) is 4.60. The van der Waals surface area contributed by atoms with Crippen LogP contribution < -0.4 is 0 Å². The quantitative estimate of drug-likeness (QED) is 0.676. The van der Waals surface area contributed by atoms with E-state index >= 15 is 0 Å². The van der Waals surface area contributed by atoms with Gasteiger partial charge in [-0.3, -0.25) is 4.79 Å². The summed E-state index contributed by atoms with van der Waals surface area (Å²) in [6.45, 7) is 4.44. The molecule has 1 heteroatoms. The van der Waals surface area contributed by atoms with E-state index in [1.165, 1.54) is 77.0 Å². The van der Waals surface area contributed by atoms with Crippen LogP contribution in [0.2, 0.25) is 0 Å². The summed E-state index contributed by atoms with van der Waals surface area (Å²) in [6.07, 6.45) is 15.9. The molecule has 3 saturated carbocycles. The monoisotopic (exact) mass is 262 g/mol. The molecule has 0 amide bonds. The van der Waals surface area contributed by atoms with E-state index in [4.69, 9.17) is 0 Å². The topological polar surface area (TPSA) is 17.1 Å². The number of carbonyl (C=O) groups excluding carboxylic acids is 1. The van der Waals surface area contributed by atoms with Gasteiger partial charge < -0.3 is 0 Å². The highest BCUT2D eigenvalue weighted by atomic mass is 16.1. The molecule has 0 radical (unpaired) electrons. The van der Waals surface area contributed by atoms with Gasteiger partial charge in [-0.25, -0.2) is 0 Å². The molecule has 19 heavy (non-hydrogen) atoms. The lowest BCUT2D eigenvalue weighted by Crippen LogP contribution is -2.52. The molecule has 108 valence electrons. The van der Waals surface area contributed by atoms with Crippen molar-refractivity contribution in [1.82, 2.24) is 0 Å². The highest BCUT2D eigenvalue weighted by molar-refractivity contribution is 5.84. The third kappa shape index (κ3) is 1.69. The SMILES string of the molecule is CC(=O)C1(C2(C3(C)CCCC3)CCCC2)CCCC1. The van der Waals surface area contributed by atoms with Crippen molar-refractivity contribution in [3.63, 3.8) is 0 Å². The van der Waals surface area contributed by atoms with E-state index in [1.807, 2.05) is 6.92 Å². The zero-order valence-corrected chi connectivity index (χ0v) is 12.9. The summed E-state index contributed by atoms with van der Waals surface area (Å²) >= 11 is 0. The standard InChI is InChI=1S/C18H30O/c1-15(19)17(11-5-6-12-17)18(13-7-8-14-18)16(2)9-3-4-10-16/h3-14H2,1-2H3. The Morgan fingerprint density at radius 2 is 1.16 bits per heavy atom. The van der Waals surface area contributed by atoms with E-state index in [2.05, 4.69) is 6.92 Å². The van der Waals surface area contributed by atoms with Crippen LogP contribution in [0.15, 0.2) is 0 Å². The maximum Gasteiger partial charge on any atom is 0.136 e. The molecule has 3 aliphatic rings. The largest absolute Gasteiger partial charge is 0.299 e. The molecule has 0 N–H and O–H groups in total. The summed E-state index contributed by atoms with van der Waals surface area (Å²) in [5, 5.41) is 0. The smallest absolute Gasteiger partial charge is 0.136 e. The van der Waals surface area contributed by atoms with Gasteiger partial charge in [-0.1, -0.05) is 45.4 Å². The predicted octanol–water partition coefficient (Wildman–Crippen LogP) is 5.28. The average Bonchev–Trinajstić information content (AvgIpc) is 3.10. The molecule has 0 aromatic carbocycles. The van der Waals surface area contributed by atoms with Gasteiger partial charge in [-0.05, 0) is 56.3 Å². The maximum atomic E-state index is 12.7. The lowest BCUT2D eigenvalue weighted by molar-refractivity contribution is -0.146. The Morgan fingerprint density at radius 1 is 0.737 bits per heavy atom. The molecule has 1 nitrogen and oxygen atoms in total. The van der Waals surface area contributed by atoms with Crippen molar-refractivity contribution in [1.29, 1.82) is 0 Å². The van der Waals surface area contributed by atoms with E-state index in [0.29, 0.717) is 16.6 Å². The summed E-state index contributed by atoms with van der Waals surface area (Å²) in [6, 6.07) is 0. The second-order valence-corrected chi connectivity index (χ2v) is 7.90. The Hall–Kier alpha value is -0.330. The van der Waals surface area contributed by atoms with Crippen molar-refractivity contribution in [2.75, 3.05) is 0 Å². The molecular formula is C18H30O. The van der Waals surface area contributed by atoms with Crippen LogP contribution in [0.4, 0.5) is 0 Å². The Morgan fingerprint density at radius 3 is 1.63 bits per heavy atom. The summed E-state index contributed by atoms with van der Waals surface area (Å²) in [5.74, 6) is 0.528. The highest BCUT2D eigenvalue weighted by Gasteiger charge is 2.63. The number of Topliss-reactive ketones (excluding diaryl/α,β-unsaturated/α-hetero) is 1. The summed E-state index contributed by atoms with van der Waals surface area (Å²) in [5.41, 5.74) is 0.876. The number of rotatable bonds is 3. The summed E-state index contributed by atoms with van der Waals surface area (Å²) < 4.78 is 0. The van der Waals surface area contributed by atoms with Gasteiger partial charge >= 0.3 is 0 Å². The predicted molar refractivity (Wildman–Crippen MR) is 79.1 cm³/mol. The van der Waals surface area contributed by atoms with Crippen LogP contribution in [0, 0.1) is 16.2 Å². The molecular weight excluding hydrogens is 232 g/mol. The first kappa shape index (κ1) is 13.6. The molecule has 0 saturated heterocycles. The Bertz CT molecular complexity index is 350. The number of carbonyl (C=O) groups is 1. The van der Waals surface area contributed by atoms with Crippen LogP contribution in [-0.2, 0) is 4.79 Å². The van der Waals surface area contributed by atoms with Gasteiger partial charge in [0.15, 0.2) is 0 Å². The van der Waals surface area contributed by atoms with Gasteiger partial charge in [0.1, 0.15) is 5.78 Å². The first-order chi connectivity index (χ1) is 9.06. The number of hydrogen-bond acceptors (Lipinski definition) is 1. The molecule has 3 fully saturated rings. The highest BCUT2D eigenvalue weighted by Crippen LogP contribution is 2.70. The first-order valence-electron chi connectivity index (χ1n) is 8.58. The van der Waals surface area contributed by atoms with Gasteiger partial charge in [-0.15, -0.1) is 0 Å². The van der Waals surface area contributed by atoms with Crippen LogP contribution >= 0.6 is 0 Å².